The smallest absolute Gasteiger partial charge is 0.0426 e. The molecule has 19 heavy (non-hydrogen) atoms. The molecule has 2 rings (SSSR count). The Morgan fingerprint density at radius 1 is 1.16 bits per heavy atom. The lowest BCUT2D eigenvalue weighted by atomic mass is 10.1. The number of nitrogens with two attached hydrogens (primary N) is 1. The van der Waals surface area contributed by atoms with Crippen molar-refractivity contribution in [2.75, 3.05) is 11.9 Å². The van der Waals surface area contributed by atoms with Gasteiger partial charge in [-0.1, -0.05) is 35.9 Å². The Labute approximate surface area is 119 Å². The summed E-state index contributed by atoms with van der Waals surface area (Å²) in [7, 11) is 2.07. The third-order valence-corrected chi connectivity index (χ3v) is 3.40. The van der Waals surface area contributed by atoms with Crippen molar-refractivity contribution in [1.29, 1.82) is 0 Å². The average molecular weight is 275 g/mol. The molecule has 0 radical (unpaired) electrons. The maximum atomic E-state index is 6.00. The molecule has 2 aromatic carbocycles. The highest BCUT2D eigenvalue weighted by molar-refractivity contribution is 6.30. The molecule has 3 heteroatoms. The molecule has 0 amide bonds. The van der Waals surface area contributed by atoms with Crippen molar-refractivity contribution in [3.8, 4) is 0 Å². The van der Waals surface area contributed by atoms with Crippen molar-refractivity contribution >= 4 is 17.3 Å². The van der Waals surface area contributed by atoms with Crippen molar-refractivity contribution in [1.82, 2.24) is 0 Å². The Morgan fingerprint density at radius 3 is 2.42 bits per heavy atom. The van der Waals surface area contributed by atoms with E-state index < -0.39 is 0 Å². The molecule has 1 unspecified atom stereocenters. The van der Waals surface area contributed by atoms with Crippen molar-refractivity contribution < 1.29 is 0 Å². The molecular formula is C16H19ClN2. The third kappa shape index (κ3) is 3.72. The summed E-state index contributed by atoms with van der Waals surface area (Å²) in [4.78, 5) is 2.19. The zero-order valence-corrected chi connectivity index (χ0v) is 12.1. The summed E-state index contributed by atoms with van der Waals surface area (Å²) in [5, 5.41) is 0.776. The van der Waals surface area contributed by atoms with Crippen LogP contribution in [0.25, 0.3) is 0 Å². The second-order valence-corrected chi connectivity index (χ2v) is 5.30. The Bertz CT molecular complexity index is 535. The van der Waals surface area contributed by atoms with Crippen LogP contribution in [0.4, 0.5) is 5.69 Å². The SMILES string of the molecule is CC(N)c1ccc(N(C)Cc2cccc(Cl)c2)cc1. The maximum absolute atomic E-state index is 6.00. The highest BCUT2D eigenvalue weighted by Gasteiger charge is 2.04. The fourth-order valence-corrected chi connectivity index (χ4v) is 2.25. The van der Waals surface area contributed by atoms with Gasteiger partial charge in [-0.3, -0.25) is 0 Å². The molecule has 0 aliphatic heterocycles. The van der Waals surface area contributed by atoms with Crippen LogP contribution in [0.5, 0.6) is 0 Å². The average Bonchev–Trinajstić information content (AvgIpc) is 2.39. The molecule has 0 saturated carbocycles. The quantitative estimate of drug-likeness (QED) is 0.913. The second kappa shape index (κ2) is 6.09. The lowest BCUT2D eigenvalue weighted by Crippen LogP contribution is -2.16. The van der Waals surface area contributed by atoms with Crippen LogP contribution in [0, 0.1) is 0 Å². The molecule has 2 N–H and O–H groups in total. The van der Waals surface area contributed by atoms with Gasteiger partial charge >= 0.3 is 0 Å². The Morgan fingerprint density at radius 2 is 1.84 bits per heavy atom. The van der Waals surface area contributed by atoms with Crippen LogP contribution >= 0.6 is 11.6 Å². The normalized spacial score (nSPS) is 12.2. The summed E-state index contributed by atoms with van der Waals surface area (Å²) in [5.74, 6) is 0. The molecule has 0 aromatic heterocycles. The first-order valence-electron chi connectivity index (χ1n) is 6.37. The number of benzene rings is 2. The number of anilines is 1. The Kier molecular flexibility index (Phi) is 4.46. The molecule has 0 aliphatic carbocycles. The maximum Gasteiger partial charge on any atom is 0.0426 e. The van der Waals surface area contributed by atoms with Crippen LogP contribution in [0.1, 0.15) is 24.1 Å². The van der Waals surface area contributed by atoms with Crippen molar-refractivity contribution in [2.24, 2.45) is 5.73 Å². The minimum Gasteiger partial charge on any atom is -0.370 e. The van der Waals surface area contributed by atoms with E-state index in [4.69, 9.17) is 17.3 Å². The van der Waals surface area contributed by atoms with E-state index in [0.29, 0.717) is 0 Å². The highest BCUT2D eigenvalue weighted by atomic mass is 35.5. The first kappa shape index (κ1) is 13.9. The van der Waals surface area contributed by atoms with E-state index >= 15 is 0 Å². The molecule has 0 aliphatic rings. The highest BCUT2D eigenvalue weighted by Crippen LogP contribution is 2.20. The molecule has 2 nitrogen and oxygen atoms in total. The van der Waals surface area contributed by atoms with Gasteiger partial charge in [-0.25, -0.2) is 0 Å². The zero-order valence-electron chi connectivity index (χ0n) is 11.3. The minimum atomic E-state index is 0.0762. The van der Waals surface area contributed by atoms with Gasteiger partial charge in [0.15, 0.2) is 0 Å². The van der Waals surface area contributed by atoms with Gasteiger partial charge in [-0.2, -0.15) is 0 Å². The monoisotopic (exact) mass is 274 g/mol. The van der Waals surface area contributed by atoms with Crippen LogP contribution in [0.2, 0.25) is 5.02 Å². The standard InChI is InChI=1S/C16H19ClN2/c1-12(18)14-6-8-16(9-7-14)19(2)11-13-4-3-5-15(17)10-13/h3-10,12H,11,18H2,1-2H3. The Hall–Kier alpha value is -1.51. The van der Waals surface area contributed by atoms with E-state index in [1.807, 2.05) is 25.1 Å². The van der Waals surface area contributed by atoms with E-state index in [9.17, 15) is 0 Å². The fraction of sp³-hybridized carbons (Fsp3) is 0.250. The van der Waals surface area contributed by atoms with Gasteiger partial charge in [-0.05, 0) is 42.3 Å². The summed E-state index contributed by atoms with van der Waals surface area (Å²) in [6, 6.07) is 16.4. The molecule has 2 aromatic rings. The van der Waals surface area contributed by atoms with Gasteiger partial charge in [0, 0.05) is 30.3 Å². The van der Waals surface area contributed by atoms with Crippen molar-refractivity contribution in [2.45, 2.75) is 19.5 Å². The zero-order chi connectivity index (χ0) is 13.8. The number of nitrogens with zero attached hydrogens (tertiary/aromatic N) is 1. The van der Waals surface area contributed by atoms with E-state index in [-0.39, 0.29) is 6.04 Å². The summed E-state index contributed by atoms with van der Waals surface area (Å²) in [6.45, 7) is 2.82. The van der Waals surface area contributed by atoms with E-state index in [1.165, 1.54) is 11.3 Å². The minimum absolute atomic E-state index is 0.0762. The first-order valence-corrected chi connectivity index (χ1v) is 6.75. The van der Waals surface area contributed by atoms with Crippen LogP contribution in [-0.4, -0.2) is 7.05 Å². The third-order valence-electron chi connectivity index (χ3n) is 3.17. The lowest BCUT2D eigenvalue weighted by molar-refractivity contribution is 0.817. The van der Waals surface area contributed by atoms with Crippen LogP contribution < -0.4 is 10.6 Å². The number of rotatable bonds is 4. The molecule has 0 spiro atoms. The summed E-state index contributed by atoms with van der Waals surface area (Å²) in [5.41, 5.74) is 9.38. The van der Waals surface area contributed by atoms with Gasteiger partial charge < -0.3 is 10.6 Å². The summed E-state index contributed by atoms with van der Waals surface area (Å²) in [6.07, 6.45) is 0. The molecule has 0 fully saturated rings. The van der Waals surface area contributed by atoms with Crippen LogP contribution in [0.3, 0.4) is 0 Å². The van der Waals surface area contributed by atoms with Crippen LogP contribution in [-0.2, 0) is 6.54 Å². The predicted octanol–water partition coefficient (Wildman–Crippen LogP) is 4.00. The fourth-order valence-electron chi connectivity index (χ4n) is 2.03. The largest absolute Gasteiger partial charge is 0.370 e. The molecule has 0 heterocycles. The van der Waals surface area contributed by atoms with E-state index in [1.54, 1.807) is 0 Å². The number of halogens is 1. The first-order chi connectivity index (χ1) is 9.06. The number of hydrogen-bond donors (Lipinski definition) is 1. The molecule has 100 valence electrons. The predicted molar refractivity (Wildman–Crippen MR) is 82.6 cm³/mol. The van der Waals surface area contributed by atoms with Gasteiger partial charge in [0.25, 0.3) is 0 Å². The summed E-state index contributed by atoms with van der Waals surface area (Å²) < 4.78 is 0. The van der Waals surface area contributed by atoms with Gasteiger partial charge in [0.1, 0.15) is 0 Å². The van der Waals surface area contributed by atoms with Gasteiger partial charge in [0.2, 0.25) is 0 Å². The Balaban J connectivity index is 2.09. The van der Waals surface area contributed by atoms with Crippen LogP contribution in [0.15, 0.2) is 48.5 Å². The van der Waals surface area contributed by atoms with Gasteiger partial charge in [-0.15, -0.1) is 0 Å². The summed E-state index contributed by atoms with van der Waals surface area (Å²) >= 11 is 6.00. The lowest BCUT2D eigenvalue weighted by Gasteiger charge is -2.20. The van der Waals surface area contributed by atoms with Crippen molar-refractivity contribution in [3.05, 3.63) is 64.7 Å². The molecular weight excluding hydrogens is 256 g/mol. The van der Waals surface area contributed by atoms with E-state index in [0.717, 1.165) is 17.1 Å². The molecule has 0 saturated heterocycles. The molecule has 0 bridgehead atoms. The van der Waals surface area contributed by atoms with E-state index in [2.05, 4.69) is 42.3 Å². The van der Waals surface area contributed by atoms with Crippen molar-refractivity contribution in [3.63, 3.8) is 0 Å². The van der Waals surface area contributed by atoms with Gasteiger partial charge in [0.05, 0.1) is 0 Å². The molecule has 1 atom stereocenters. The number of hydrogen-bond acceptors (Lipinski definition) is 2. The second-order valence-electron chi connectivity index (χ2n) is 4.87. The topological polar surface area (TPSA) is 29.3 Å².